The smallest absolute Gasteiger partial charge is 0.272 e. The first-order valence-corrected chi connectivity index (χ1v) is 10.9. The molecule has 1 aromatic heterocycles. The highest BCUT2D eigenvalue weighted by atomic mass is 32.1. The number of nitrogen functional groups attached to an aromatic ring is 1. The van der Waals surface area contributed by atoms with Crippen molar-refractivity contribution in [2.45, 2.75) is 51.5 Å². The van der Waals surface area contributed by atoms with E-state index in [0.29, 0.717) is 5.69 Å². The Morgan fingerprint density at radius 1 is 1.17 bits per heavy atom. The quantitative estimate of drug-likeness (QED) is 0.622. The van der Waals surface area contributed by atoms with Crippen molar-refractivity contribution in [3.05, 3.63) is 40.4 Å². The van der Waals surface area contributed by atoms with E-state index in [2.05, 4.69) is 9.69 Å². The number of hydrogen-bond donors (Lipinski definition) is 3. The Labute approximate surface area is 179 Å². The highest BCUT2D eigenvalue weighted by molar-refractivity contribution is 7.09. The molecule has 0 unspecified atom stereocenters. The van der Waals surface area contributed by atoms with Crippen LogP contribution in [0.5, 0.6) is 0 Å². The molecule has 1 aliphatic carbocycles. The van der Waals surface area contributed by atoms with E-state index in [-0.39, 0.29) is 34.8 Å². The van der Waals surface area contributed by atoms with Gasteiger partial charge in [-0.25, -0.2) is 0 Å². The number of primary amides is 1. The summed E-state index contributed by atoms with van der Waals surface area (Å²) >= 11 is 0.807. The van der Waals surface area contributed by atoms with Crippen LogP contribution in [0, 0.1) is 0 Å². The Bertz CT molecular complexity index is 919. The molecule has 3 rings (SSSR count). The summed E-state index contributed by atoms with van der Waals surface area (Å²) < 4.78 is 3.91. The first kappa shape index (κ1) is 21.8. The van der Waals surface area contributed by atoms with Gasteiger partial charge in [0.1, 0.15) is 11.4 Å². The molecule has 3 amide bonds. The molecule has 1 saturated carbocycles. The summed E-state index contributed by atoms with van der Waals surface area (Å²) in [6.45, 7) is 1.89. The molecule has 160 valence electrons. The van der Waals surface area contributed by atoms with Gasteiger partial charge in [0.15, 0.2) is 5.69 Å². The Balaban J connectivity index is 1.85. The molecule has 1 fully saturated rings. The zero-order chi connectivity index (χ0) is 21.7. The van der Waals surface area contributed by atoms with E-state index in [9.17, 15) is 14.4 Å². The highest BCUT2D eigenvalue weighted by Gasteiger charge is 2.28. The lowest BCUT2D eigenvalue weighted by molar-refractivity contribution is -0.120. The normalized spacial score (nSPS) is 14.3. The lowest BCUT2D eigenvalue weighted by atomic mass is 9.95. The maximum absolute atomic E-state index is 13.3. The van der Waals surface area contributed by atoms with Crippen LogP contribution in [0.25, 0.3) is 0 Å². The molecule has 9 heteroatoms. The molecule has 0 bridgehead atoms. The van der Waals surface area contributed by atoms with Crippen LogP contribution in [0.3, 0.4) is 0 Å². The van der Waals surface area contributed by atoms with E-state index in [4.69, 9.17) is 11.5 Å². The Hall–Kier alpha value is -2.94. The van der Waals surface area contributed by atoms with Gasteiger partial charge in [0.25, 0.3) is 11.8 Å². The fourth-order valence-electron chi connectivity index (χ4n) is 3.61. The first-order valence-electron chi connectivity index (χ1n) is 10.2. The van der Waals surface area contributed by atoms with E-state index in [1.165, 1.54) is 11.3 Å². The fourth-order valence-corrected chi connectivity index (χ4v) is 4.36. The van der Waals surface area contributed by atoms with Crippen molar-refractivity contribution in [2.24, 2.45) is 5.73 Å². The lowest BCUT2D eigenvalue weighted by Gasteiger charge is -2.26. The molecule has 0 radical (unpaired) electrons. The molecule has 2 aromatic rings. The van der Waals surface area contributed by atoms with Gasteiger partial charge in [-0.1, -0.05) is 38.3 Å². The number of aromatic nitrogens is 1. The van der Waals surface area contributed by atoms with E-state index in [1.807, 2.05) is 19.1 Å². The number of benzene rings is 1. The zero-order valence-electron chi connectivity index (χ0n) is 17.0. The molecule has 0 spiro atoms. The van der Waals surface area contributed by atoms with Crippen LogP contribution in [-0.4, -0.2) is 34.7 Å². The van der Waals surface area contributed by atoms with Crippen molar-refractivity contribution in [1.29, 1.82) is 0 Å². The molecule has 5 N–H and O–H groups in total. The third-order valence-corrected chi connectivity index (χ3v) is 6.18. The van der Waals surface area contributed by atoms with Gasteiger partial charge in [0.05, 0.1) is 5.69 Å². The minimum Gasteiger partial charge on any atom is -0.395 e. The molecule has 1 aliphatic rings. The van der Waals surface area contributed by atoms with Crippen molar-refractivity contribution in [3.63, 3.8) is 0 Å². The second kappa shape index (κ2) is 9.71. The third kappa shape index (κ3) is 4.96. The standard InChI is InChI=1S/C21H27N5O3S/c1-2-13-8-10-15(11-9-13)26(12-16(27)24-14-6-4-3-5-7-14)21(29)19-17(22)18(20(23)28)25-30-19/h8-11,14H,2-7,12,22H2,1H3,(H2,23,28)(H,24,27). The minimum absolute atomic E-state index is 0.0552. The summed E-state index contributed by atoms with van der Waals surface area (Å²) in [5, 5.41) is 3.04. The number of anilines is 2. The zero-order valence-corrected chi connectivity index (χ0v) is 17.8. The molecule has 30 heavy (non-hydrogen) atoms. The molecular formula is C21H27N5O3S. The molecule has 1 heterocycles. The van der Waals surface area contributed by atoms with Gasteiger partial charge in [0, 0.05) is 11.7 Å². The summed E-state index contributed by atoms with van der Waals surface area (Å²) in [5.41, 5.74) is 12.7. The summed E-state index contributed by atoms with van der Waals surface area (Å²) in [7, 11) is 0. The van der Waals surface area contributed by atoms with Gasteiger partial charge >= 0.3 is 0 Å². The van der Waals surface area contributed by atoms with Crippen LogP contribution in [0.1, 0.15) is 64.8 Å². The number of hydrogen-bond acceptors (Lipinski definition) is 6. The molecular weight excluding hydrogens is 402 g/mol. The van der Waals surface area contributed by atoms with Crippen LogP contribution in [0.15, 0.2) is 24.3 Å². The summed E-state index contributed by atoms with van der Waals surface area (Å²) in [6.07, 6.45) is 6.15. The number of nitrogens with two attached hydrogens (primary N) is 2. The maximum atomic E-state index is 13.3. The van der Waals surface area contributed by atoms with Crippen molar-refractivity contribution in [1.82, 2.24) is 9.69 Å². The van der Waals surface area contributed by atoms with Crippen LogP contribution in [0.2, 0.25) is 0 Å². The average molecular weight is 430 g/mol. The molecule has 0 saturated heterocycles. The maximum Gasteiger partial charge on any atom is 0.272 e. The second-order valence-corrected chi connectivity index (χ2v) is 8.23. The predicted octanol–water partition coefficient (Wildman–Crippen LogP) is 2.48. The molecule has 0 atom stereocenters. The number of amides is 3. The topological polar surface area (TPSA) is 131 Å². The van der Waals surface area contributed by atoms with Gasteiger partial charge in [-0.15, -0.1) is 0 Å². The average Bonchev–Trinajstić information content (AvgIpc) is 3.14. The van der Waals surface area contributed by atoms with E-state index < -0.39 is 11.8 Å². The Kier molecular flexibility index (Phi) is 7.04. The number of carbonyl (C=O) groups is 3. The number of aryl methyl sites for hydroxylation is 1. The monoisotopic (exact) mass is 429 g/mol. The molecule has 8 nitrogen and oxygen atoms in total. The Morgan fingerprint density at radius 2 is 1.83 bits per heavy atom. The SMILES string of the molecule is CCc1ccc(N(CC(=O)NC2CCCCC2)C(=O)c2snc(C(N)=O)c2N)cc1. The van der Waals surface area contributed by atoms with Crippen molar-refractivity contribution >= 4 is 40.6 Å². The molecule has 0 aliphatic heterocycles. The second-order valence-electron chi connectivity index (χ2n) is 7.45. The third-order valence-electron chi connectivity index (χ3n) is 5.33. The summed E-state index contributed by atoms with van der Waals surface area (Å²) in [5.74, 6) is -1.51. The van der Waals surface area contributed by atoms with E-state index in [0.717, 1.165) is 49.2 Å². The first-order chi connectivity index (χ1) is 14.4. The highest BCUT2D eigenvalue weighted by Crippen LogP contribution is 2.26. The summed E-state index contributed by atoms with van der Waals surface area (Å²) in [6, 6.07) is 7.58. The van der Waals surface area contributed by atoms with Crippen LogP contribution in [-0.2, 0) is 11.2 Å². The number of nitrogens with one attached hydrogen (secondary N) is 1. The van der Waals surface area contributed by atoms with Gasteiger partial charge in [-0.05, 0) is 48.5 Å². The van der Waals surface area contributed by atoms with Gasteiger partial charge < -0.3 is 16.8 Å². The van der Waals surface area contributed by atoms with Crippen molar-refractivity contribution in [3.8, 4) is 0 Å². The van der Waals surface area contributed by atoms with E-state index in [1.54, 1.807) is 12.1 Å². The summed E-state index contributed by atoms with van der Waals surface area (Å²) in [4.78, 5) is 38.9. The minimum atomic E-state index is -0.795. The number of nitrogens with zero attached hydrogens (tertiary/aromatic N) is 2. The van der Waals surface area contributed by atoms with Gasteiger partial charge in [-0.2, -0.15) is 4.37 Å². The van der Waals surface area contributed by atoms with Crippen molar-refractivity contribution in [2.75, 3.05) is 17.2 Å². The van der Waals surface area contributed by atoms with Crippen LogP contribution >= 0.6 is 11.5 Å². The lowest BCUT2D eigenvalue weighted by Crippen LogP contribution is -2.45. The van der Waals surface area contributed by atoms with Gasteiger partial charge in [-0.3, -0.25) is 19.3 Å². The number of carbonyl (C=O) groups excluding carboxylic acids is 3. The predicted molar refractivity (Wildman–Crippen MR) is 118 cm³/mol. The Morgan fingerprint density at radius 3 is 2.40 bits per heavy atom. The number of rotatable bonds is 7. The van der Waals surface area contributed by atoms with Crippen molar-refractivity contribution < 1.29 is 14.4 Å². The fraction of sp³-hybridized carbons (Fsp3) is 0.429. The van der Waals surface area contributed by atoms with E-state index >= 15 is 0 Å². The van der Waals surface area contributed by atoms with Gasteiger partial charge in [0.2, 0.25) is 5.91 Å². The van der Waals surface area contributed by atoms with Crippen LogP contribution < -0.4 is 21.7 Å². The molecule has 1 aromatic carbocycles. The largest absolute Gasteiger partial charge is 0.395 e. The van der Waals surface area contributed by atoms with Crippen LogP contribution in [0.4, 0.5) is 11.4 Å².